The summed E-state index contributed by atoms with van der Waals surface area (Å²) in [6, 6.07) is 12.6. The molecule has 1 aliphatic heterocycles. The van der Waals surface area contributed by atoms with Gasteiger partial charge in [-0.3, -0.25) is 9.69 Å². The van der Waals surface area contributed by atoms with Gasteiger partial charge in [0.1, 0.15) is 17.1 Å². The maximum atomic E-state index is 12.8. The monoisotopic (exact) mass is 558 g/mol. The summed E-state index contributed by atoms with van der Waals surface area (Å²) in [7, 11) is 1.55. The van der Waals surface area contributed by atoms with E-state index in [1.807, 2.05) is 12.1 Å². The van der Waals surface area contributed by atoms with Crippen molar-refractivity contribution >= 4 is 34.4 Å². The van der Waals surface area contributed by atoms with Gasteiger partial charge >= 0.3 is 6.18 Å². The van der Waals surface area contributed by atoms with Gasteiger partial charge in [0.05, 0.1) is 22.5 Å². The Hall–Kier alpha value is -3.83. The molecule has 5 rings (SSSR count). The summed E-state index contributed by atoms with van der Waals surface area (Å²) in [5.74, 6) is 0.949. The lowest BCUT2D eigenvalue weighted by atomic mass is 10.1. The van der Waals surface area contributed by atoms with Gasteiger partial charge in [-0.15, -0.1) is 0 Å². The minimum Gasteiger partial charge on any atom is -0.484 e. The number of rotatable bonds is 8. The molecule has 1 atom stereocenters. The molecule has 0 aliphatic carbocycles. The van der Waals surface area contributed by atoms with Crippen LogP contribution in [0.1, 0.15) is 17.5 Å². The highest BCUT2D eigenvalue weighted by Gasteiger charge is 2.30. The Morgan fingerprint density at radius 1 is 1.18 bits per heavy atom. The second kappa shape index (κ2) is 11.1. The van der Waals surface area contributed by atoms with E-state index in [0.717, 1.165) is 36.2 Å². The fourth-order valence-corrected chi connectivity index (χ4v) is 4.69. The van der Waals surface area contributed by atoms with Crippen LogP contribution in [-0.4, -0.2) is 58.5 Å². The molecule has 4 aromatic rings. The highest BCUT2D eigenvalue weighted by Crippen LogP contribution is 2.33. The van der Waals surface area contributed by atoms with Crippen molar-refractivity contribution in [2.75, 3.05) is 32.1 Å². The molecular weight excluding hydrogens is 533 g/mol. The van der Waals surface area contributed by atoms with Crippen LogP contribution in [0.25, 0.3) is 22.6 Å². The van der Waals surface area contributed by atoms with Crippen molar-refractivity contribution in [1.29, 1.82) is 0 Å². The first-order valence-electron chi connectivity index (χ1n) is 12.3. The number of fused-ring (bicyclic) bond motifs is 1. The maximum Gasteiger partial charge on any atom is 0.416 e. The Labute approximate surface area is 227 Å². The fourth-order valence-electron chi connectivity index (χ4n) is 4.50. The Kier molecular flexibility index (Phi) is 7.62. The van der Waals surface area contributed by atoms with Crippen LogP contribution in [-0.2, 0) is 17.5 Å². The topological polar surface area (TPSA) is 95.2 Å². The molecule has 3 heterocycles. The molecule has 2 aromatic heterocycles. The van der Waals surface area contributed by atoms with Crippen LogP contribution < -0.4 is 15.4 Å². The molecule has 1 saturated heterocycles. The second-order valence-corrected chi connectivity index (χ2v) is 9.72. The highest BCUT2D eigenvalue weighted by atomic mass is 35.5. The van der Waals surface area contributed by atoms with Crippen LogP contribution in [0.5, 0.6) is 5.75 Å². The lowest BCUT2D eigenvalue weighted by Crippen LogP contribution is -2.26. The standard InChI is InChI=1S/C27H26ClF3N6O2/c1-32-22(38)15-39-20-8-4-17(5-9-20)25-35-24-23(21(28)12-33-26(24)36-25)34-19-10-11-37(14-19)13-16-2-6-18(7-3-16)27(29,30)31/h2-9,12,19H,10-11,13-15H2,1H3,(H,32,38)(H2,33,34,35,36)/t19-/m0/s1. The normalized spacial score (nSPS) is 16.0. The number of amides is 1. The zero-order valence-electron chi connectivity index (χ0n) is 21.0. The number of nitrogens with zero attached hydrogens (tertiary/aromatic N) is 3. The van der Waals surface area contributed by atoms with Crippen LogP contribution in [0.15, 0.2) is 54.7 Å². The number of hydrogen-bond acceptors (Lipinski definition) is 6. The summed E-state index contributed by atoms with van der Waals surface area (Å²) in [4.78, 5) is 25.9. The minimum absolute atomic E-state index is 0.0686. The number of carbonyl (C=O) groups excluding carboxylic acids is 1. The third-order valence-electron chi connectivity index (χ3n) is 6.56. The van der Waals surface area contributed by atoms with E-state index < -0.39 is 11.7 Å². The average molecular weight is 559 g/mol. The first-order chi connectivity index (χ1) is 18.7. The quantitative estimate of drug-likeness (QED) is 0.278. The predicted molar refractivity (Wildman–Crippen MR) is 143 cm³/mol. The number of ether oxygens (including phenoxy) is 1. The summed E-state index contributed by atoms with van der Waals surface area (Å²) in [6.45, 7) is 2.00. The van der Waals surface area contributed by atoms with Gasteiger partial charge in [0.15, 0.2) is 12.3 Å². The number of aromatic nitrogens is 3. The van der Waals surface area contributed by atoms with E-state index in [1.54, 1.807) is 25.4 Å². The van der Waals surface area contributed by atoms with Gasteiger partial charge in [-0.05, 0) is 48.4 Å². The third kappa shape index (κ3) is 6.26. The van der Waals surface area contributed by atoms with E-state index in [0.29, 0.717) is 46.5 Å². The molecule has 0 saturated carbocycles. The number of carbonyl (C=O) groups is 1. The average Bonchev–Trinajstić information content (AvgIpc) is 3.56. The Morgan fingerprint density at radius 2 is 1.92 bits per heavy atom. The number of benzene rings is 2. The third-order valence-corrected chi connectivity index (χ3v) is 6.85. The molecule has 0 radical (unpaired) electrons. The molecule has 1 amide bonds. The summed E-state index contributed by atoms with van der Waals surface area (Å²) in [6.07, 6.45) is -1.94. The number of aromatic amines is 1. The maximum absolute atomic E-state index is 12.8. The fraction of sp³-hybridized carbons (Fsp3) is 0.296. The zero-order chi connectivity index (χ0) is 27.6. The van der Waals surface area contributed by atoms with Crippen molar-refractivity contribution in [2.24, 2.45) is 0 Å². The lowest BCUT2D eigenvalue weighted by Gasteiger charge is -2.18. The largest absolute Gasteiger partial charge is 0.484 e. The van der Waals surface area contributed by atoms with E-state index in [1.165, 1.54) is 12.1 Å². The van der Waals surface area contributed by atoms with Gasteiger partial charge in [0, 0.05) is 38.3 Å². The SMILES string of the molecule is CNC(=O)COc1ccc(-c2nc3ncc(Cl)c(N[C@H]4CCN(Cc5ccc(C(F)(F)F)cc5)C4)c3[nH]2)cc1. The van der Waals surface area contributed by atoms with Crippen molar-refractivity contribution in [3.05, 3.63) is 70.9 Å². The second-order valence-electron chi connectivity index (χ2n) is 9.31. The van der Waals surface area contributed by atoms with Crippen molar-refractivity contribution in [1.82, 2.24) is 25.2 Å². The summed E-state index contributed by atoms with van der Waals surface area (Å²) < 4.78 is 44.0. The van der Waals surface area contributed by atoms with Crippen molar-refractivity contribution in [3.8, 4) is 17.1 Å². The van der Waals surface area contributed by atoms with Crippen LogP contribution in [0.4, 0.5) is 18.9 Å². The van der Waals surface area contributed by atoms with Crippen LogP contribution in [0.2, 0.25) is 5.02 Å². The molecule has 0 spiro atoms. The molecule has 12 heteroatoms. The first-order valence-corrected chi connectivity index (χ1v) is 12.7. The van der Waals surface area contributed by atoms with Gasteiger partial charge in [-0.25, -0.2) is 9.97 Å². The number of halogens is 4. The van der Waals surface area contributed by atoms with Crippen LogP contribution >= 0.6 is 11.6 Å². The smallest absolute Gasteiger partial charge is 0.416 e. The van der Waals surface area contributed by atoms with Gasteiger partial charge in [0.2, 0.25) is 0 Å². The van der Waals surface area contributed by atoms with Crippen molar-refractivity contribution in [3.63, 3.8) is 0 Å². The van der Waals surface area contributed by atoms with Crippen LogP contribution in [0.3, 0.4) is 0 Å². The molecular formula is C27H26ClF3N6O2. The van der Waals surface area contributed by atoms with Crippen LogP contribution in [0, 0.1) is 0 Å². The predicted octanol–water partition coefficient (Wildman–Crippen LogP) is 5.11. The van der Waals surface area contributed by atoms with Gasteiger partial charge in [-0.1, -0.05) is 23.7 Å². The number of alkyl halides is 3. The van der Waals surface area contributed by atoms with Crippen molar-refractivity contribution < 1.29 is 22.7 Å². The van der Waals surface area contributed by atoms with Crippen molar-refractivity contribution in [2.45, 2.75) is 25.2 Å². The van der Waals surface area contributed by atoms with E-state index in [2.05, 4.69) is 30.5 Å². The number of anilines is 1. The van der Waals surface area contributed by atoms with E-state index in [-0.39, 0.29) is 18.6 Å². The van der Waals surface area contributed by atoms with E-state index in [4.69, 9.17) is 16.3 Å². The lowest BCUT2D eigenvalue weighted by molar-refractivity contribution is -0.137. The number of likely N-dealkylation sites (tertiary alicyclic amines) is 1. The Bertz CT molecular complexity index is 1460. The van der Waals surface area contributed by atoms with Gasteiger partial charge in [0.25, 0.3) is 5.91 Å². The number of hydrogen-bond donors (Lipinski definition) is 3. The number of nitrogens with one attached hydrogen (secondary N) is 3. The van der Waals surface area contributed by atoms with Gasteiger partial charge in [-0.2, -0.15) is 13.2 Å². The molecule has 39 heavy (non-hydrogen) atoms. The van der Waals surface area contributed by atoms with E-state index >= 15 is 0 Å². The summed E-state index contributed by atoms with van der Waals surface area (Å²) in [5.41, 5.74) is 2.89. The number of H-pyrrole nitrogens is 1. The molecule has 1 fully saturated rings. The molecule has 0 unspecified atom stereocenters. The van der Waals surface area contributed by atoms with Gasteiger partial charge < -0.3 is 20.4 Å². The molecule has 8 nitrogen and oxygen atoms in total. The molecule has 0 bridgehead atoms. The molecule has 3 N–H and O–H groups in total. The summed E-state index contributed by atoms with van der Waals surface area (Å²) in [5, 5.41) is 6.47. The number of imidazole rings is 1. The minimum atomic E-state index is -4.34. The number of pyridine rings is 1. The Balaban J connectivity index is 1.26. The molecule has 2 aromatic carbocycles. The number of likely N-dealkylation sites (N-methyl/N-ethyl adjacent to an activating group) is 1. The molecule has 204 valence electrons. The zero-order valence-corrected chi connectivity index (χ0v) is 21.7. The first kappa shape index (κ1) is 26.8. The van der Waals surface area contributed by atoms with E-state index in [9.17, 15) is 18.0 Å². The highest BCUT2D eigenvalue weighted by molar-refractivity contribution is 6.34. The Morgan fingerprint density at radius 3 is 2.62 bits per heavy atom. The summed E-state index contributed by atoms with van der Waals surface area (Å²) >= 11 is 6.52. The molecule has 1 aliphatic rings.